The topological polar surface area (TPSA) is 67.3 Å². The number of aromatic nitrogens is 2. The zero-order chi connectivity index (χ0) is 17.2. The molecule has 0 aliphatic carbocycles. The Kier molecular flexibility index (Phi) is 3.96. The van der Waals surface area contributed by atoms with Crippen LogP contribution >= 0.6 is 0 Å². The highest BCUT2D eigenvalue weighted by Gasteiger charge is 2.19. The van der Waals surface area contributed by atoms with E-state index < -0.39 is 0 Å². The zero-order valence-electron chi connectivity index (χ0n) is 13.6. The van der Waals surface area contributed by atoms with Crippen molar-refractivity contribution in [1.82, 2.24) is 10.2 Å². The van der Waals surface area contributed by atoms with Crippen molar-refractivity contribution in [3.8, 4) is 29.4 Å². The van der Waals surface area contributed by atoms with Crippen molar-refractivity contribution in [3.05, 3.63) is 48.0 Å². The summed E-state index contributed by atoms with van der Waals surface area (Å²) >= 11 is 0. The fourth-order valence-corrected chi connectivity index (χ4v) is 3.07. The quantitative estimate of drug-likeness (QED) is 0.722. The number of fused-ring (bicyclic) bond motifs is 1. The summed E-state index contributed by atoms with van der Waals surface area (Å²) < 4.78 is 5.41. The van der Waals surface area contributed by atoms with E-state index in [0.29, 0.717) is 23.4 Å². The monoisotopic (exact) mass is 331 g/mol. The van der Waals surface area contributed by atoms with Crippen LogP contribution in [0.25, 0.3) is 22.0 Å². The van der Waals surface area contributed by atoms with Gasteiger partial charge in [-0.1, -0.05) is 30.2 Å². The van der Waals surface area contributed by atoms with Gasteiger partial charge >= 0.3 is 0 Å². The van der Waals surface area contributed by atoms with Gasteiger partial charge in [0.25, 0.3) is 0 Å². The second-order valence-electron chi connectivity index (χ2n) is 6.02. The Hall–Kier alpha value is -3.10. The molecule has 0 spiro atoms. The number of hydrogen-bond donors (Lipinski definition) is 2. The Balaban J connectivity index is 1.82. The molecule has 1 aliphatic rings. The lowest BCUT2D eigenvalue weighted by Crippen LogP contribution is -2.20. The first-order valence-electron chi connectivity index (χ1n) is 8.16. The molecule has 2 N–H and O–H groups in total. The molecule has 124 valence electrons. The molecule has 3 aromatic rings. The second kappa shape index (κ2) is 6.42. The van der Waals surface area contributed by atoms with E-state index in [1.807, 2.05) is 24.3 Å². The Morgan fingerprint density at radius 3 is 2.72 bits per heavy atom. The molecule has 1 saturated heterocycles. The van der Waals surface area contributed by atoms with Crippen LogP contribution in [0.1, 0.15) is 12.0 Å². The molecule has 1 atom stereocenters. The molecule has 0 bridgehead atoms. The van der Waals surface area contributed by atoms with Crippen molar-refractivity contribution in [2.24, 2.45) is 0 Å². The molecule has 2 aromatic carbocycles. The first-order valence-corrected chi connectivity index (χ1v) is 8.16. The summed E-state index contributed by atoms with van der Waals surface area (Å²) in [5, 5.41) is 24.4. The Morgan fingerprint density at radius 2 is 2.00 bits per heavy atom. The van der Waals surface area contributed by atoms with Crippen LogP contribution in [0.5, 0.6) is 5.75 Å². The van der Waals surface area contributed by atoms with E-state index in [1.54, 1.807) is 18.2 Å². The minimum atomic E-state index is 0.0970. The summed E-state index contributed by atoms with van der Waals surface area (Å²) in [6.45, 7) is 1.43. The van der Waals surface area contributed by atoms with Gasteiger partial charge in [-0.15, -0.1) is 16.6 Å². The molecule has 0 saturated carbocycles. The van der Waals surface area contributed by atoms with E-state index in [9.17, 15) is 5.11 Å². The fraction of sp³-hybridized carbons (Fsp3) is 0.200. The summed E-state index contributed by atoms with van der Waals surface area (Å²) in [5.41, 5.74) is 1.86. The number of aromatic hydroxyl groups is 1. The van der Waals surface area contributed by atoms with Gasteiger partial charge in [-0.25, -0.2) is 0 Å². The largest absolute Gasteiger partial charge is 0.507 e. The maximum atomic E-state index is 10.3. The number of hydrogen-bond acceptors (Lipinski definition) is 5. The number of phenolic OH excluding ortho intramolecular Hbond substituents is 1. The zero-order valence-corrected chi connectivity index (χ0v) is 13.6. The number of ether oxygens (including phenoxy) is 1. The molecule has 1 fully saturated rings. The second-order valence-corrected chi connectivity index (χ2v) is 6.02. The van der Waals surface area contributed by atoms with Crippen LogP contribution < -0.4 is 5.32 Å². The van der Waals surface area contributed by atoms with Crippen LogP contribution in [0.3, 0.4) is 0 Å². The van der Waals surface area contributed by atoms with Gasteiger partial charge < -0.3 is 15.2 Å². The van der Waals surface area contributed by atoms with Gasteiger partial charge in [0.05, 0.1) is 12.6 Å². The molecule has 25 heavy (non-hydrogen) atoms. The van der Waals surface area contributed by atoms with Crippen LogP contribution in [-0.4, -0.2) is 34.6 Å². The molecule has 1 aromatic heterocycles. The van der Waals surface area contributed by atoms with Crippen molar-refractivity contribution >= 4 is 16.6 Å². The lowest BCUT2D eigenvalue weighted by Gasteiger charge is -2.15. The van der Waals surface area contributed by atoms with E-state index in [0.717, 1.165) is 29.6 Å². The van der Waals surface area contributed by atoms with Crippen molar-refractivity contribution in [1.29, 1.82) is 0 Å². The predicted octanol–water partition coefficient (Wildman–Crippen LogP) is 3.18. The van der Waals surface area contributed by atoms with Gasteiger partial charge in [-0.05, 0) is 24.6 Å². The summed E-state index contributed by atoms with van der Waals surface area (Å²) in [5.74, 6) is 3.34. The van der Waals surface area contributed by atoms with Gasteiger partial charge in [0.15, 0.2) is 5.82 Å². The van der Waals surface area contributed by atoms with E-state index in [2.05, 4.69) is 21.4 Å². The highest BCUT2D eigenvalue weighted by atomic mass is 16.5. The Bertz CT molecular complexity index is 972. The fourth-order valence-electron chi connectivity index (χ4n) is 3.07. The maximum Gasteiger partial charge on any atom is 0.156 e. The summed E-state index contributed by atoms with van der Waals surface area (Å²) in [6, 6.07) is 13.3. The lowest BCUT2D eigenvalue weighted by molar-refractivity contribution is 0.195. The molecule has 4 rings (SSSR count). The maximum absolute atomic E-state index is 10.3. The van der Waals surface area contributed by atoms with Gasteiger partial charge in [0.2, 0.25) is 0 Å². The number of nitrogens with zero attached hydrogens (tertiary/aromatic N) is 2. The van der Waals surface area contributed by atoms with Crippen LogP contribution in [0, 0.1) is 12.3 Å². The third-order valence-corrected chi connectivity index (χ3v) is 4.38. The van der Waals surface area contributed by atoms with Crippen molar-refractivity contribution in [2.75, 3.05) is 18.5 Å². The standard InChI is InChI=1S/C20H17N3O2/c1-2-13-7-8-17(18(24)11-13)19-15-5-3-4-6-16(15)20(23-22-19)21-14-9-10-25-12-14/h1,3-8,11,14,24H,9-10,12H2,(H,21,23). The number of nitrogens with one attached hydrogen (secondary N) is 1. The molecule has 5 heteroatoms. The third-order valence-electron chi connectivity index (χ3n) is 4.38. The third kappa shape index (κ3) is 2.88. The van der Waals surface area contributed by atoms with Gasteiger partial charge in [-0.3, -0.25) is 0 Å². The van der Waals surface area contributed by atoms with Crippen molar-refractivity contribution in [2.45, 2.75) is 12.5 Å². The highest BCUT2D eigenvalue weighted by molar-refractivity contribution is 6.00. The molecule has 0 radical (unpaired) electrons. The predicted molar refractivity (Wildman–Crippen MR) is 97.4 cm³/mol. The van der Waals surface area contributed by atoms with Crippen molar-refractivity contribution in [3.63, 3.8) is 0 Å². The smallest absolute Gasteiger partial charge is 0.156 e. The molecule has 2 heterocycles. The normalized spacial score (nSPS) is 16.7. The van der Waals surface area contributed by atoms with E-state index in [1.165, 1.54) is 0 Å². The number of anilines is 1. The first-order chi connectivity index (χ1) is 12.3. The van der Waals surface area contributed by atoms with Gasteiger partial charge in [0.1, 0.15) is 11.4 Å². The molecular formula is C20H17N3O2. The molecule has 1 aliphatic heterocycles. The van der Waals surface area contributed by atoms with Gasteiger partial charge in [-0.2, -0.15) is 0 Å². The van der Waals surface area contributed by atoms with E-state index in [4.69, 9.17) is 11.2 Å². The summed E-state index contributed by atoms with van der Waals surface area (Å²) in [6.07, 6.45) is 6.34. The SMILES string of the molecule is C#Cc1ccc(-c2nnc(NC3CCOC3)c3ccccc23)c(O)c1. The number of rotatable bonds is 3. The highest BCUT2D eigenvalue weighted by Crippen LogP contribution is 2.35. The number of phenols is 1. The lowest BCUT2D eigenvalue weighted by atomic mass is 10.0. The molecule has 0 amide bonds. The first kappa shape index (κ1) is 15.4. The Morgan fingerprint density at radius 1 is 1.16 bits per heavy atom. The minimum absolute atomic E-state index is 0.0970. The number of benzene rings is 2. The van der Waals surface area contributed by atoms with E-state index >= 15 is 0 Å². The summed E-state index contributed by atoms with van der Waals surface area (Å²) in [7, 11) is 0. The molecular weight excluding hydrogens is 314 g/mol. The Labute approximate surface area is 145 Å². The molecule has 1 unspecified atom stereocenters. The van der Waals surface area contributed by atoms with Crippen LogP contribution in [0.15, 0.2) is 42.5 Å². The summed E-state index contributed by atoms with van der Waals surface area (Å²) in [4.78, 5) is 0. The van der Waals surface area contributed by atoms with Crippen molar-refractivity contribution < 1.29 is 9.84 Å². The van der Waals surface area contributed by atoms with E-state index in [-0.39, 0.29) is 11.8 Å². The van der Waals surface area contributed by atoms with Crippen LogP contribution in [0.4, 0.5) is 5.82 Å². The average molecular weight is 331 g/mol. The van der Waals surface area contributed by atoms with Gasteiger partial charge in [0, 0.05) is 28.5 Å². The minimum Gasteiger partial charge on any atom is -0.507 e. The average Bonchev–Trinajstić information content (AvgIpc) is 3.15. The molecule has 5 nitrogen and oxygen atoms in total. The number of terminal acetylenes is 1. The van der Waals surface area contributed by atoms with Crippen LogP contribution in [-0.2, 0) is 4.74 Å². The van der Waals surface area contributed by atoms with Crippen LogP contribution in [0.2, 0.25) is 0 Å².